The van der Waals surface area contributed by atoms with Gasteiger partial charge < -0.3 is 15.0 Å². The van der Waals surface area contributed by atoms with Gasteiger partial charge in [0.2, 0.25) is 0 Å². The molecule has 6 heteroatoms. The summed E-state index contributed by atoms with van der Waals surface area (Å²) in [6.45, 7) is 2.50. The van der Waals surface area contributed by atoms with E-state index in [0.29, 0.717) is 19.7 Å². The zero-order valence-corrected chi connectivity index (χ0v) is 14.5. The number of carbonyl (C=O) groups excluding carboxylic acids is 1. The average Bonchev–Trinajstić information content (AvgIpc) is 3.07. The fraction of sp³-hybridized carbons (Fsp3) is 0.389. The van der Waals surface area contributed by atoms with Crippen LogP contribution in [0.1, 0.15) is 22.0 Å². The predicted molar refractivity (Wildman–Crippen MR) is 91.5 cm³/mol. The van der Waals surface area contributed by atoms with Crippen LogP contribution < -0.4 is 5.32 Å². The van der Waals surface area contributed by atoms with Crippen molar-refractivity contribution in [2.45, 2.75) is 12.5 Å². The minimum absolute atomic E-state index is 0.109. The van der Waals surface area contributed by atoms with Gasteiger partial charge >= 0.3 is 0 Å². The minimum Gasteiger partial charge on any atom is -0.379 e. The predicted octanol–water partition coefficient (Wildman–Crippen LogP) is 1.57. The average molecular weight is 349 g/mol. The van der Waals surface area contributed by atoms with Gasteiger partial charge in [0.25, 0.3) is 5.91 Å². The maximum absolute atomic E-state index is 13.3. The molecule has 0 radical (unpaired) electrons. The molecule has 1 atom stereocenters. The number of amides is 1. The summed E-state index contributed by atoms with van der Waals surface area (Å²) in [4.78, 5) is 16.0. The number of hydrogen-bond donors (Lipinski definition) is 1. The smallest absolute Gasteiger partial charge is 0.278 e. The molecular formula is C18H22FN2O2S+. The molecule has 0 fully saturated rings. The van der Waals surface area contributed by atoms with Crippen LogP contribution in [0.2, 0.25) is 0 Å². The zero-order chi connectivity index (χ0) is 16.9. The third-order valence-electron chi connectivity index (χ3n) is 4.32. The van der Waals surface area contributed by atoms with Crippen LogP contribution in [-0.4, -0.2) is 44.2 Å². The van der Waals surface area contributed by atoms with Gasteiger partial charge in [-0.25, -0.2) is 4.39 Å². The van der Waals surface area contributed by atoms with Gasteiger partial charge in [-0.05, 0) is 41.1 Å². The maximum Gasteiger partial charge on any atom is 0.278 e. The lowest BCUT2D eigenvalue weighted by Gasteiger charge is -2.36. The number of nitrogens with zero attached hydrogens (tertiary/aromatic N) is 1. The molecule has 0 spiro atoms. The van der Waals surface area contributed by atoms with Crippen molar-refractivity contribution in [3.63, 3.8) is 0 Å². The van der Waals surface area contributed by atoms with Crippen LogP contribution in [0.5, 0.6) is 0 Å². The van der Waals surface area contributed by atoms with Crippen molar-refractivity contribution in [3.8, 4) is 0 Å². The number of quaternary nitrogens is 1. The van der Waals surface area contributed by atoms with Gasteiger partial charge in [0, 0.05) is 18.5 Å². The van der Waals surface area contributed by atoms with Crippen molar-refractivity contribution >= 4 is 17.2 Å². The molecule has 24 heavy (non-hydrogen) atoms. The summed E-state index contributed by atoms with van der Waals surface area (Å²) in [6, 6.07) is 8.45. The second kappa shape index (κ2) is 7.88. The van der Waals surface area contributed by atoms with E-state index in [1.165, 1.54) is 22.6 Å². The first-order chi connectivity index (χ1) is 11.7. The van der Waals surface area contributed by atoms with E-state index in [1.54, 1.807) is 30.6 Å². The van der Waals surface area contributed by atoms with Crippen molar-refractivity contribution in [1.82, 2.24) is 4.90 Å². The van der Waals surface area contributed by atoms with Gasteiger partial charge in [0.1, 0.15) is 5.82 Å². The highest BCUT2D eigenvalue weighted by Gasteiger charge is 2.33. The Labute approximate surface area is 145 Å². The SMILES string of the molecule is COCC[NH2+]CC(=O)N1CCc2sccc2[C@H]1c1ccc(F)cc1. The number of halogens is 1. The van der Waals surface area contributed by atoms with E-state index in [4.69, 9.17) is 4.74 Å². The van der Waals surface area contributed by atoms with Gasteiger partial charge in [0.15, 0.2) is 6.54 Å². The molecule has 1 aromatic carbocycles. The van der Waals surface area contributed by atoms with Crippen molar-refractivity contribution in [1.29, 1.82) is 0 Å². The topological polar surface area (TPSA) is 46.1 Å². The van der Waals surface area contributed by atoms with E-state index in [1.807, 2.05) is 10.2 Å². The Morgan fingerprint density at radius 3 is 2.92 bits per heavy atom. The van der Waals surface area contributed by atoms with E-state index in [2.05, 4.69) is 11.4 Å². The quantitative estimate of drug-likeness (QED) is 0.805. The van der Waals surface area contributed by atoms with Gasteiger partial charge in [0.05, 0.1) is 19.2 Å². The number of thiophene rings is 1. The molecule has 2 N–H and O–H groups in total. The van der Waals surface area contributed by atoms with Crippen LogP contribution in [0, 0.1) is 5.82 Å². The summed E-state index contributed by atoms with van der Waals surface area (Å²) in [5.41, 5.74) is 2.13. The van der Waals surface area contributed by atoms with Gasteiger partial charge in [-0.15, -0.1) is 11.3 Å². The number of hydrogen-bond acceptors (Lipinski definition) is 3. The number of rotatable bonds is 6. The Morgan fingerprint density at radius 1 is 1.38 bits per heavy atom. The molecule has 1 amide bonds. The van der Waals surface area contributed by atoms with Gasteiger partial charge in [-0.1, -0.05) is 12.1 Å². The molecule has 1 aromatic heterocycles. The molecular weight excluding hydrogens is 327 g/mol. The molecule has 0 aliphatic carbocycles. The monoisotopic (exact) mass is 349 g/mol. The van der Waals surface area contributed by atoms with E-state index in [9.17, 15) is 9.18 Å². The zero-order valence-electron chi connectivity index (χ0n) is 13.7. The Bertz CT molecular complexity index is 687. The molecule has 1 aliphatic rings. The van der Waals surface area contributed by atoms with Crippen LogP contribution in [0.25, 0.3) is 0 Å². The lowest BCUT2D eigenvalue weighted by atomic mass is 9.93. The lowest BCUT2D eigenvalue weighted by Crippen LogP contribution is -2.87. The number of methoxy groups -OCH3 is 1. The third-order valence-corrected chi connectivity index (χ3v) is 5.31. The first-order valence-corrected chi connectivity index (χ1v) is 9.00. The molecule has 1 aliphatic heterocycles. The molecule has 3 rings (SSSR count). The summed E-state index contributed by atoms with van der Waals surface area (Å²) in [5, 5.41) is 4.04. The van der Waals surface area contributed by atoms with Gasteiger partial charge in [-0.3, -0.25) is 4.79 Å². The summed E-state index contributed by atoms with van der Waals surface area (Å²) in [7, 11) is 1.66. The van der Waals surface area contributed by atoms with Crippen molar-refractivity contribution in [3.05, 3.63) is 57.5 Å². The summed E-state index contributed by atoms with van der Waals surface area (Å²) < 4.78 is 18.3. The second-order valence-corrected chi connectivity index (χ2v) is 6.87. The maximum atomic E-state index is 13.3. The molecule has 0 unspecified atom stereocenters. The van der Waals surface area contributed by atoms with Crippen LogP contribution in [0.3, 0.4) is 0 Å². The third kappa shape index (κ3) is 3.66. The highest BCUT2D eigenvalue weighted by molar-refractivity contribution is 7.10. The van der Waals surface area contributed by atoms with Crippen molar-refractivity contribution in [2.24, 2.45) is 0 Å². The molecule has 0 saturated carbocycles. The molecule has 0 bridgehead atoms. The van der Waals surface area contributed by atoms with Crippen molar-refractivity contribution < 1.29 is 19.2 Å². The van der Waals surface area contributed by atoms with Crippen LogP contribution in [-0.2, 0) is 16.0 Å². The normalized spacial score (nSPS) is 16.9. The largest absolute Gasteiger partial charge is 0.379 e. The number of carbonyl (C=O) groups is 1. The fourth-order valence-electron chi connectivity index (χ4n) is 3.13. The molecule has 0 saturated heterocycles. The summed E-state index contributed by atoms with van der Waals surface area (Å²) >= 11 is 1.73. The molecule has 4 nitrogen and oxygen atoms in total. The first kappa shape index (κ1) is 17.1. The standard InChI is InChI=1S/C18H21FN2O2S/c1-23-10-8-20-12-17(22)21-9-6-16-15(7-11-24-16)18(21)13-2-4-14(19)5-3-13/h2-5,7,11,18,20H,6,8-10,12H2,1H3/p+1/t18-/m1/s1. The molecule has 128 valence electrons. The molecule has 2 heterocycles. The Hall–Kier alpha value is -1.76. The van der Waals surface area contributed by atoms with E-state index < -0.39 is 0 Å². The van der Waals surface area contributed by atoms with E-state index >= 15 is 0 Å². The highest BCUT2D eigenvalue weighted by atomic mass is 32.1. The Kier molecular flexibility index (Phi) is 5.60. The number of benzene rings is 1. The fourth-order valence-corrected chi connectivity index (χ4v) is 4.04. The highest BCUT2D eigenvalue weighted by Crippen LogP contribution is 2.37. The van der Waals surface area contributed by atoms with Gasteiger partial charge in [-0.2, -0.15) is 0 Å². The minimum atomic E-state index is -0.258. The van der Waals surface area contributed by atoms with Crippen molar-refractivity contribution in [2.75, 3.05) is 33.4 Å². The van der Waals surface area contributed by atoms with Crippen LogP contribution >= 0.6 is 11.3 Å². The lowest BCUT2D eigenvalue weighted by molar-refractivity contribution is -0.646. The van der Waals surface area contributed by atoms with Crippen LogP contribution in [0.4, 0.5) is 4.39 Å². The summed E-state index contributed by atoms with van der Waals surface area (Å²) in [5.74, 6) is -0.150. The van der Waals surface area contributed by atoms with Crippen LogP contribution in [0.15, 0.2) is 35.7 Å². The number of ether oxygens (including phenoxy) is 1. The second-order valence-electron chi connectivity index (χ2n) is 5.86. The summed E-state index contributed by atoms with van der Waals surface area (Å²) in [6.07, 6.45) is 0.883. The first-order valence-electron chi connectivity index (χ1n) is 8.12. The Morgan fingerprint density at radius 2 is 2.17 bits per heavy atom. The van der Waals surface area contributed by atoms with E-state index in [-0.39, 0.29) is 17.8 Å². The Balaban J connectivity index is 1.82. The van der Waals surface area contributed by atoms with E-state index in [0.717, 1.165) is 18.5 Å². The molecule has 2 aromatic rings. The number of nitrogens with two attached hydrogens (primary N) is 1. The number of fused-ring (bicyclic) bond motifs is 1.